The van der Waals surface area contributed by atoms with Gasteiger partial charge in [0.15, 0.2) is 0 Å². The van der Waals surface area contributed by atoms with Crippen molar-refractivity contribution in [1.29, 1.82) is 0 Å². The van der Waals surface area contributed by atoms with Crippen LogP contribution in [0.4, 0.5) is 4.79 Å². The lowest BCUT2D eigenvalue weighted by atomic mass is 9.85. The lowest BCUT2D eigenvalue weighted by Crippen LogP contribution is -2.48. The van der Waals surface area contributed by atoms with Crippen LogP contribution in [-0.2, 0) is 9.59 Å². The van der Waals surface area contributed by atoms with Gasteiger partial charge in [-0.3, -0.25) is 4.79 Å². The van der Waals surface area contributed by atoms with Crippen LogP contribution in [0, 0.1) is 5.92 Å². The maximum Gasteiger partial charge on any atom is 0.326 e. The molecular formula is C11H18N2O5. The SMILES string of the molecule is CN(CC1CCC1)C(=O)N[C@H](CC(=O)O)C(=O)O. The van der Waals surface area contributed by atoms with Gasteiger partial charge in [-0.1, -0.05) is 6.42 Å². The molecule has 0 aromatic heterocycles. The number of carbonyl (C=O) groups excluding carboxylic acids is 1. The van der Waals surface area contributed by atoms with E-state index >= 15 is 0 Å². The molecule has 1 aliphatic rings. The summed E-state index contributed by atoms with van der Waals surface area (Å²) in [4.78, 5) is 34.3. The third-order valence-corrected chi connectivity index (χ3v) is 3.08. The highest BCUT2D eigenvalue weighted by Crippen LogP contribution is 2.26. The van der Waals surface area contributed by atoms with Crippen molar-refractivity contribution in [2.24, 2.45) is 5.92 Å². The molecule has 3 N–H and O–H groups in total. The van der Waals surface area contributed by atoms with Crippen LogP contribution in [0.25, 0.3) is 0 Å². The van der Waals surface area contributed by atoms with Crippen molar-refractivity contribution in [3.63, 3.8) is 0 Å². The minimum atomic E-state index is -1.39. The molecule has 1 rings (SSSR count). The first kappa shape index (κ1) is 14.3. The van der Waals surface area contributed by atoms with Crippen molar-refractivity contribution in [3.8, 4) is 0 Å². The Kier molecular flexibility index (Phi) is 4.94. The van der Waals surface area contributed by atoms with Crippen LogP contribution in [0.1, 0.15) is 25.7 Å². The second kappa shape index (κ2) is 6.23. The average Bonchev–Trinajstić information content (AvgIpc) is 2.21. The van der Waals surface area contributed by atoms with Gasteiger partial charge < -0.3 is 20.4 Å². The summed E-state index contributed by atoms with van der Waals surface area (Å²) in [5, 5.41) is 19.6. The maximum absolute atomic E-state index is 11.7. The van der Waals surface area contributed by atoms with E-state index < -0.39 is 30.4 Å². The molecule has 7 heteroatoms. The largest absolute Gasteiger partial charge is 0.481 e. The summed E-state index contributed by atoms with van der Waals surface area (Å²) >= 11 is 0. The van der Waals surface area contributed by atoms with Crippen LogP contribution >= 0.6 is 0 Å². The molecule has 0 saturated heterocycles. The Morgan fingerprint density at radius 3 is 2.33 bits per heavy atom. The van der Waals surface area contributed by atoms with E-state index in [1.807, 2.05) is 0 Å². The second-order valence-corrected chi connectivity index (χ2v) is 4.62. The minimum Gasteiger partial charge on any atom is -0.481 e. The molecule has 0 aliphatic heterocycles. The van der Waals surface area contributed by atoms with Crippen LogP contribution in [0.15, 0.2) is 0 Å². The second-order valence-electron chi connectivity index (χ2n) is 4.62. The number of carboxylic acid groups (broad SMARTS) is 2. The summed E-state index contributed by atoms with van der Waals surface area (Å²) in [5.41, 5.74) is 0. The zero-order valence-electron chi connectivity index (χ0n) is 10.3. The minimum absolute atomic E-state index is 0.475. The molecule has 0 bridgehead atoms. The Labute approximate surface area is 105 Å². The Hall–Kier alpha value is -1.79. The lowest BCUT2D eigenvalue weighted by Gasteiger charge is -2.30. The summed E-state index contributed by atoms with van der Waals surface area (Å²) in [6, 6.07) is -1.94. The molecule has 2 amide bonds. The van der Waals surface area contributed by atoms with Gasteiger partial charge in [-0.25, -0.2) is 9.59 Å². The molecule has 18 heavy (non-hydrogen) atoms. The molecule has 0 unspecified atom stereocenters. The summed E-state index contributed by atoms with van der Waals surface area (Å²) in [7, 11) is 1.58. The Balaban J connectivity index is 2.43. The van der Waals surface area contributed by atoms with E-state index in [9.17, 15) is 14.4 Å². The molecule has 1 fully saturated rings. The molecule has 0 aromatic carbocycles. The summed E-state index contributed by atoms with van der Waals surface area (Å²) in [6.45, 7) is 0.575. The van der Waals surface area contributed by atoms with Crippen LogP contribution in [0.2, 0.25) is 0 Å². The van der Waals surface area contributed by atoms with Crippen LogP contribution in [0.5, 0.6) is 0 Å². The third kappa shape index (κ3) is 4.23. The summed E-state index contributed by atoms with van der Waals surface area (Å²) in [5.74, 6) is -2.13. The van der Waals surface area contributed by atoms with Gasteiger partial charge in [0.05, 0.1) is 6.42 Å². The number of hydrogen-bond donors (Lipinski definition) is 3. The van der Waals surface area contributed by atoms with E-state index in [0.717, 1.165) is 19.3 Å². The van der Waals surface area contributed by atoms with Gasteiger partial charge in [0.2, 0.25) is 0 Å². The van der Waals surface area contributed by atoms with Gasteiger partial charge in [-0.15, -0.1) is 0 Å². The highest BCUT2D eigenvalue weighted by atomic mass is 16.4. The van der Waals surface area contributed by atoms with Crippen LogP contribution in [-0.4, -0.2) is 52.7 Å². The topological polar surface area (TPSA) is 107 Å². The van der Waals surface area contributed by atoms with Gasteiger partial charge >= 0.3 is 18.0 Å². The van der Waals surface area contributed by atoms with E-state index in [4.69, 9.17) is 10.2 Å². The molecule has 1 aliphatic carbocycles. The van der Waals surface area contributed by atoms with Crippen LogP contribution < -0.4 is 5.32 Å². The normalized spacial score (nSPS) is 16.5. The van der Waals surface area contributed by atoms with Crippen molar-refractivity contribution in [1.82, 2.24) is 10.2 Å². The number of carboxylic acids is 2. The zero-order chi connectivity index (χ0) is 13.7. The number of aliphatic carboxylic acids is 2. The molecule has 0 aromatic rings. The number of nitrogens with zero attached hydrogens (tertiary/aromatic N) is 1. The molecule has 0 heterocycles. The number of hydrogen-bond acceptors (Lipinski definition) is 3. The molecule has 0 spiro atoms. The maximum atomic E-state index is 11.7. The highest BCUT2D eigenvalue weighted by Gasteiger charge is 2.26. The number of urea groups is 1. The standard InChI is InChI=1S/C11H18N2O5/c1-13(6-7-3-2-4-7)11(18)12-8(10(16)17)5-9(14)15/h7-8H,2-6H2,1H3,(H,12,18)(H,14,15)(H,16,17)/t8-/m1/s1. The van der Waals surface area contributed by atoms with Gasteiger partial charge in [0.1, 0.15) is 6.04 Å². The van der Waals surface area contributed by atoms with Gasteiger partial charge in [0, 0.05) is 13.6 Å². The number of nitrogens with one attached hydrogen (secondary N) is 1. The molecular weight excluding hydrogens is 240 g/mol. The number of rotatable bonds is 6. The van der Waals surface area contributed by atoms with Crippen molar-refractivity contribution < 1.29 is 24.6 Å². The van der Waals surface area contributed by atoms with E-state index in [1.165, 1.54) is 4.90 Å². The summed E-state index contributed by atoms with van der Waals surface area (Å²) in [6.07, 6.45) is 2.69. The highest BCUT2D eigenvalue weighted by molar-refractivity contribution is 5.86. The van der Waals surface area contributed by atoms with E-state index in [-0.39, 0.29) is 0 Å². The van der Waals surface area contributed by atoms with Gasteiger partial charge in [-0.05, 0) is 18.8 Å². The smallest absolute Gasteiger partial charge is 0.326 e. The van der Waals surface area contributed by atoms with Crippen molar-refractivity contribution in [2.45, 2.75) is 31.7 Å². The quantitative estimate of drug-likeness (QED) is 0.637. The predicted molar refractivity (Wildman–Crippen MR) is 62.2 cm³/mol. The van der Waals surface area contributed by atoms with Crippen molar-refractivity contribution in [3.05, 3.63) is 0 Å². The predicted octanol–water partition coefficient (Wildman–Crippen LogP) is 0.356. The average molecular weight is 258 g/mol. The Morgan fingerprint density at radius 1 is 1.33 bits per heavy atom. The van der Waals surface area contributed by atoms with E-state index in [1.54, 1.807) is 7.05 Å². The fourth-order valence-electron chi connectivity index (χ4n) is 1.78. The number of carbonyl (C=O) groups is 3. The lowest BCUT2D eigenvalue weighted by molar-refractivity contribution is -0.145. The molecule has 1 atom stereocenters. The van der Waals surface area contributed by atoms with Crippen molar-refractivity contribution in [2.75, 3.05) is 13.6 Å². The first-order valence-corrected chi connectivity index (χ1v) is 5.86. The molecule has 102 valence electrons. The van der Waals surface area contributed by atoms with E-state index in [2.05, 4.69) is 5.32 Å². The number of amides is 2. The molecule has 0 radical (unpaired) electrons. The fraction of sp³-hybridized carbons (Fsp3) is 0.727. The molecule has 7 nitrogen and oxygen atoms in total. The first-order chi connectivity index (χ1) is 8.40. The zero-order valence-corrected chi connectivity index (χ0v) is 10.3. The fourth-order valence-corrected chi connectivity index (χ4v) is 1.78. The Bertz CT molecular complexity index is 340. The summed E-state index contributed by atoms with van der Waals surface area (Å²) < 4.78 is 0. The van der Waals surface area contributed by atoms with Crippen molar-refractivity contribution >= 4 is 18.0 Å². The first-order valence-electron chi connectivity index (χ1n) is 5.86. The van der Waals surface area contributed by atoms with Crippen LogP contribution in [0.3, 0.4) is 0 Å². The molecule has 1 saturated carbocycles. The third-order valence-electron chi connectivity index (χ3n) is 3.08. The van der Waals surface area contributed by atoms with Gasteiger partial charge in [0.25, 0.3) is 0 Å². The Morgan fingerprint density at radius 2 is 1.94 bits per heavy atom. The van der Waals surface area contributed by atoms with Gasteiger partial charge in [-0.2, -0.15) is 0 Å². The van der Waals surface area contributed by atoms with E-state index in [0.29, 0.717) is 12.5 Å². The monoisotopic (exact) mass is 258 g/mol.